The Bertz CT molecular complexity index is 240. The van der Waals surface area contributed by atoms with E-state index in [1.54, 1.807) is 6.34 Å². The molecule has 0 bridgehead atoms. The van der Waals surface area contributed by atoms with E-state index in [9.17, 15) is 0 Å². The second-order valence-electron chi connectivity index (χ2n) is 3.81. The molecule has 0 aromatic rings. The SMILES string of the molecule is CCOC(C)C(OCC)(OCC)N1C=NCC1. The molecule has 1 atom stereocenters. The predicted octanol–water partition coefficient (Wildman–Crippen LogP) is 1.48. The fraction of sp³-hybridized carbons (Fsp3) is 0.917. The summed E-state index contributed by atoms with van der Waals surface area (Å²) in [6.45, 7) is 11.2. The average Bonchev–Trinajstić information content (AvgIpc) is 2.82. The minimum absolute atomic E-state index is 0.169. The third-order valence-corrected chi connectivity index (χ3v) is 2.72. The molecule has 100 valence electrons. The Morgan fingerprint density at radius 3 is 2.29 bits per heavy atom. The van der Waals surface area contributed by atoms with E-state index in [-0.39, 0.29) is 6.10 Å². The van der Waals surface area contributed by atoms with Gasteiger partial charge in [0.25, 0.3) is 5.91 Å². The van der Waals surface area contributed by atoms with Crippen molar-refractivity contribution in [3.8, 4) is 0 Å². The van der Waals surface area contributed by atoms with Gasteiger partial charge in [0.1, 0.15) is 6.10 Å². The van der Waals surface area contributed by atoms with Gasteiger partial charge in [-0.2, -0.15) is 0 Å². The van der Waals surface area contributed by atoms with Gasteiger partial charge in [0.05, 0.1) is 12.9 Å². The first-order valence-electron chi connectivity index (χ1n) is 6.37. The highest BCUT2D eigenvalue weighted by Gasteiger charge is 2.45. The lowest BCUT2D eigenvalue weighted by atomic mass is 10.2. The van der Waals surface area contributed by atoms with E-state index in [0.29, 0.717) is 19.8 Å². The molecule has 0 aliphatic carbocycles. The van der Waals surface area contributed by atoms with E-state index in [2.05, 4.69) is 4.99 Å². The van der Waals surface area contributed by atoms with Crippen LogP contribution in [-0.4, -0.2) is 56.2 Å². The number of rotatable bonds is 8. The van der Waals surface area contributed by atoms with Crippen molar-refractivity contribution in [1.82, 2.24) is 4.90 Å². The molecule has 0 aromatic carbocycles. The van der Waals surface area contributed by atoms with Gasteiger partial charge in [0.2, 0.25) is 0 Å². The van der Waals surface area contributed by atoms with Crippen molar-refractivity contribution in [3.63, 3.8) is 0 Å². The molecule has 0 saturated carbocycles. The second-order valence-corrected chi connectivity index (χ2v) is 3.81. The molecule has 0 N–H and O–H groups in total. The van der Waals surface area contributed by atoms with E-state index >= 15 is 0 Å². The normalized spacial score (nSPS) is 17.8. The van der Waals surface area contributed by atoms with Gasteiger partial charge in [-0.25, -0.2) is 0 Å². The fourth-order valence-electron chi connectivity index (χ4n) is 2.06. The lowest BCUT2D eigenvalue weighted by Gasteiger charge is -2.43. The summed E-state index contributed by atoms with van der Waals surface area (Å²) in [6.07, 6.45) is 1.62. The molecule has 0 radical (unpaired) electrons. The maximum atomic E-state index is 5.86. The van der Waals surface area contributed by atoms with Gasteiger partial charge in [0.15, 0.2) is 0 Å². The zero-order valence-corrected chi connectivity index (χ0v) is 11.3. The van der Waals surface area contributed by atoms with Crippen LogP contribution in [0.5, 0.6) is 0 Å². The maximum absolute atomic E-state index is 5.86. The molecule has 1 aliphatic heterocycles. The van der Waals surface area contributed by atoms with Gasteiger partial charge < -0.3 is 19.1 Å². The van der Waals surface area contributed by atoms with E-state index in [1.165, 1.54) is 0 Å². The summed E-state index contributed by atoms with van der Waals surface area (Å²) < 4.78 is 17.4. The molecule has 0 spiro atoms. The molecular weight excluding hydrogens is 220 g/mol. The summed E-state index contributed by atoms with van der Waals surface area (Å²) in [5.74, 6) is -0.848. The summed E-state index contributed by atoms with van der Waals surface area (Å²) in [5.41, 5.74) is 0. The molecular formula is C12H24N2O3. The Kier molecular flexibility index (Phi) is 5.88. The Labute approximate surface area is 104 Å². The minimum Gasteiger partial charge on any atom is -0.371 e. The van der Waals surface area contributed by atoms with Crippen molar-refractivity contribution in [2.45, 2.75) is 39.7 Å². The molecule has 0 fully saturated rings. The second kappa shape index (κ2) is 6.93. The zero-order chi connectivity index (χ0) is 12.7. The molecule has 1 rings (SSSR count). The molecule has 1 heterocycles. The van der Waals surface area contributed by atoms with Gasteiger partial charge >= 0.3 is 0 Å². The predicted molar refractivity (Wildman–Crippen MR) is 67.1 cm³/mol. The van der Waals surface area contributed by atoms with Crippen LogP contribution in [0.1, 0.15) is 27.7 Å². The van der Waals surface area contributed by atoms with E-state index in [1.807, 2.05) is 32.6 Å². The van der Waals surface area contributed by atoms with Gasteiger partial charge in [0, 0.05) is 26.4 Å². The lowest BCUT2D eigenvalue weighted by Crippen LogP contribution is -2.59. The third kappa shape index (κ3) is 3.18. The first-order chi connectivity index (χ1) is 8.21. The van der Waals surface area contributed by atoms with Gasteiger partial charge in [-0.15, -0.1) is 0 Å². The first-order valence-corrected chi connectivity index (χ1v) is 6.37. The highest BCUT2D eigenvalue weighted by Crippen LogP contribution is 2.26. The van der Waals surface area contributed by atoms with Crippen molar-refractivity contribution in [2.75, 3.05) is 32.9 Å². The summed E-state index contributed by atoms with van der Waals surface area (Å²) in [5, 5.41) is 0. The quantitative estimate of drug-likeness (QED) is 0.607. The minimum atomic E-state index is -0.848. The van der Waals surface area contributed by atoms with Gasteiger partial charge in [-0.1, -0.05) is 0 Å². The highest BCUT2D eigenvalue weighted by molar-refractivity contribution is 5.58. The van der Waals surface area contributed by atoms with Crippen molar-refractivity contribution < 1.29 is 14.2 Å². The highest BCUT2D eigenvalue weighted by atomic mass is 16.7. The summed E-state index contributed by atoms with van der Waals surface area (Å²) in [4.78, 5) is 6.21. The summed E-state index contributed by atoms with van der Waals surface area (Å²) in [6, 6.07) is 0. The van der Waals surface area contributed by atoms with Crippen LogP contribution in [0.25, 0.3) is 0 Å². The number of ether oxygens (including phenoxy) is 3. The van der Waals surface area contributed by atoms with Crippen LogP contribution in [0, 0.1) is 0 Å². The number of nitrogens with zero attached hydrogens (tertiary/aromatic N) is 2. The van der Waals surface area contributed by atoms with Crippen molar-refractivity contribution in [3.05, 3.63) is 0 Å². The number of hydrogen-bond donors (Lipinski definition) is 0. The molecule has 0 aromatic heterocycles. The molecule has 0 saturated heterocycles. The molecule has 1 unspecified atom stereocenters. The van der Waals surface area contributed by atoms with Crippen LogP contribution in [0.4, 0.5) is 0 Å². The lowest BCUT2D eigenvalue weighted by molar-refractivity contribution is -0.337. The van der Waals surface area contributed by atoms with Crippen molar-refractivity contribution in [1.29, 1.82) is 0 Å². The summed E-state index contributed by atoms with van der Waals surface area (Å²) in [7, 11) is 0. The Hall–Kier alpha value is -0.650. The molecule has 5 heteroatoms. The largest absolute Gasteiger partial charge is 0.371 e. The Morgan fingerprint density at radius 1 is 1.24 bits per heavy atom. The van der Waals surface area contributed by atoms with Crippen molar-refractivity contribution in [2.24, 2.45) is 4.99 Å². The first kappa shape index (κ1) is 14.4. The van der Waals surface area contributed by atoms with Crippen LogP contribution < -0.4 is 0 Å². The van der Waals surface area contributed by atoms with Crippen LogP contribution in [0.3, 0.4) is 0 Å². The van der Waals surface area contributed by atoms with E-state index in [0.717, 1.165) is 13.1 Å². The van der Waals surface area contributed by atoms with E-state index < -0.39 is 5.91 Å². The van der Waals surface area contributed by atoms with Crippen LogP contribution in [0.2, 0.25) is 0 Å². The molecule has 1 aliphatic rings. The number of hydrogen-bond acceptors (Lipinski definition) is 5. The summed E-state index contributed by atoms with van der Waals surface area (Å²) >= 11 is 0. The monoisotopic (exact) mass is 244 g/mol. The standard InChI is InChI=1S/C12H24N2O3/c1-5-15-11(4)12(16-6-2,17-7-3)14-9-8-13-10-14/h10-11H,5-9H2,1-4H3. The average molecular weight is 244 g/mol. The molecule has 17 heavy (non-hydrogen) atoms. The van der Waals surface area contributed by atoms with Gasteiger partial charge in [-0.05, 0) is 27.7 Å². The fourth-order valence-corrected chi connectivity index (χ4v) is 2.06. The van der Waals surface area contributed by atoms with Crippen LogP contribution in [0.15, 0.2) is 4.99 Å². The van der Waals surface area contributed by atoms with Crippen LogP contribution >= 0.6 is 0 Å². The van der Waals surface area contributed by atoms with Crippen LogP contribution in [-0.2, 0) is 14.2 Å². The number of aliphatic imine (C=N–C) groups is 1. The topological polar surface area (TPSA) is 43.3 Å². The Balaban J connectivity index is 2.88. The molecule has 0 amide bonds. The van der Waals surface area contributed by atoms with Gasteiger partial charge in [-0.3, -0.25) is 4.99 Å². The molecule has 5 nitrogen and oxygen atoms in total. The third-order valence-electron chi connectivity index (χ3n) is 2.72. The zero-order valence-electron chi connectivity index (χ0n) is 11.3. The van der Waals surface area contributed by atoms with Crippen molar-refractivity contribution >= 4 is 6.34 Å². The van der Waals surface area contributed by atoms with E-state index in [4.69, 9.17) is 14.2 Å². The maximum Gasteiger partial charge on any atom is 0.279 e. The Morgan fingerprint density at radius 2 is 1.88 bits per heavy atom. The smallest absolute Gasteiger partial charge is 0.279 e.